The standard InChI is InChI=1S/C20H20N2O4S/c23-12-11-21(14-15-7-3-1-4-8-15)18(24)13-17-19(25)22(20(26)27-17)16-9-5-2-6-10-16/h1-10,17,23H,11-14H2. The average Bonchev–Trinajstić information content (AvgIpc) is 2.96. The van der Waals surface area contributed by atoms with E-state index in [4.69, 9.17) is 0 Å². The second-order valence-corrected chi connectivity index (χ2v) is 7.26. The molecule has 2 aromatic rings. The van der Waals surface area contributed by atoms with Crippen molar-refractivity contribution in [2.24, 2.45) is 0 Å². The lowest BCUT2D eigenvalue weighted by molar-refractivity contribution is -0.133. The third-order valence-electron chi connectivity index (χ3n) is 4.23. The second kappa shape index (κ2) is 8.83. The molecule has 6 nitrogen and oxygen atoms in total. The molecule has 1 atom stereocenters. The van der Waals surface area contributed by atoms with E-state index < -0.39 is 5.25 Å². The number of benzene rings is 2. The van der Waals surface area contributed by atoms with Crippen LogP contribution in [-0.2, 0) is 16.1 Å². The van der Waals surface area contributed by atoms with E-state index in [0.29, 0.717) is 12.2 Å². The van der Waals surface area contributed by atoms with Crippen LogP contribution in [0, 0.1) is 0 Å². The average molecular weight is 384 g/mol. The number of anilines is 1. The van der Waals surface area contributed by atoms with E-state index in [2.05, 4.69) is 0 Å². The van der Waals surface area contributed by atoms with Crippen molar-refractivity contribution in [2.45, 2.75) is 18.2 Å². The first-order valence-electron chi connectivity index (χ1n) is 8.62. The van der Waals surface area contributed by atoms with Crippen molar-refractivity contribution in [3.05, 3.63) is 66.2 Å². The van der Waals surface area contributed by atoms with Crippen LogP contribution < -0.4 is 4.90 Å². The zero-order valence-electron chi connectivity index (χ0n) is 14.7. The number of thioether (sulfide) groups is 1. The molecule has 140 valence electrons. The molecule has 1 heterocycles. The Labute approximate surface area is 161 Å². The Hall–Kier alpha value is -2.64. The Morgan fingerprint density at radius 1 is 1.04 bits per heavy atom. The third-order valence-corrected chi connectivity index (χ3v) is 5.27. The molecular weight excluding hydrogens is 364 g/mol. The Bertz CT molecular complexity index is 813. The number of carbonyl (C=O) groups is 3. The van der Waals surface area contributed by atoms with Crippen LogP contribution in [0.15, 0.2) is 60.7 Å². The van der Waals surface area contributed by atoms with Gasteiger partial charge >= 0.3 is 0 Å². The fourth-order valence-electron chi connectivity index (χ4n) is 2.90. The molecule has 0 saturated carbocycles. The van der Waals surface area contributed by atoms with Crippen LogP contribution in [0.3, 0.4) is 0 Å². The Kier molecular flexibility index (Phi) is 6.26. The lowest BCUT2D eigenvalue weighted by Crippen LogP contribution is -2.37. The van der Waals surface area contributed by atoms with Crippen LogP contribution >= 0.6 is 11.8 Å². The van der Waals surface area contributed by atoms with Gasteiger partial charge in [0.25, 0.3) is 5.24 Å². The molecule has 0 radical (unpaired) electrons. The van der Waals surface area contributed by atoms with E-state index >= 15 is 0 Å². The van der Waals surface area contributed by atoms with E-state index in [0.717, 1.165) is 22.2 Å². The smallest absolute Gasteiger partial charge is 0.293 e. The van der Waals surface area contributed by atoms with E-state index in [1.165, 1.54) is 4.90 Å². The van der Waals surface area contributed by atoms with Gasteiger partial charge in [0.05, 0.1) is 12.3 Å². The molecule has 0 aromatic heterocycles. The number of hydrogen-bond acceptors (Lipinski definition) is 5. The lowest BCUT2D eigenvalue weighted by Gasteiger charge is -2.23. The first kappa shape index (κ1) is 19.1. The molecule has 1 fully saturated rings. The first-order chi connectivity index (χ1) is 13.1. The minimum absolute atomic E-state index is 0.0780. The number of nitrogens with zero attached hydrogens (tertiary/aromatic N) is 2. The van der Waals surface area contributed by atoms with Crippen LogP contribution in [0.4, 0.5) is 10.5 Å². The zero-order chi connectivity index (χ0) is 19.2. The van der Waals surface area contributed by atoms with Crippen LogP contribution in [0.1, 0.15) is 12.0 Å². The summed E-state index contributed by atoms with van der Waals surface area (Å²) in [5.41, 5.74) is 1.44. The van der Waals surface area contributed by atoms with Gasteiger partial charge in [-0.05, 0) is 29.5 Å². The minimum atomic E-state index is -0.748. The number of imide groups is 1. The van der Waals surface area contributed by atoms with Crippen molar-refractivity contribution in [1.82, 2.24) is 4.90 Å². The Balaban J connectivity index is 1.68. The predicted octanol–water partition coefficient (Wildman–Crippen LogP) is 2.67. The molecule has 1 aliphatic heterocycles. The topological polar surface area (TPSA) is 77.9 Å². The van der Waals surface area contributed by atoms with E-state index in [1.54, 1.807) is 30.3 Å². The highest BCUT2D eigenvalue weighted by Gasteiger charge is 2.42. The number of para-hydroxylation sites is 1. The zero-order valence-corrected chi connectivity index (χ0v) is 15.5. The number of aliphatic hydroxyl groups excluding tert-OH is 1. The number of aliphatic hydroxyl groups is 1. The monoisotopic (exact) mass is 384 g/mol. The van der Waals surface area contributed by atoms with E-state index in [-0.39, 0.29) is 36.6 Å². The predicted molar refractivity (Wildman–Crippen MR) is 104 cm³/mol. The highest BCUT2D eigenvalue weighted by atomic mass is 32.2. The molecular formula is C20H20N2O4S. The van der Waals surface area contributed by atoms with Gasteiger partial charge in [-0.3, -0.25) is 14.4 Å². The van der Waals surface area contributed by atoms with E-state index in [9.17, 15) is 19.5 Å². The molecule has 0 spiro atoms. The van der Waals surface area contributed by atoms with Gasteiger partial charge in [-0.1, -0.05) is 48.5 Å². The van der Waals surface area contributed by atoms with Gasteiger partial charge in [-0.15, -0.1) is 0 Å². The SMILES string of the molecule is O=C(CC1SC(=O)N(c2ccccc2)C1=O)N(CCO)Cc1ccccc1. The van der Waals surface area contributed by atoms with Gasteiger partial charge in [0.2, 0.25) is 11.8 Å². The van der Waals surface area contributed by atoms with Crippen LogP contribution in [0.5, 0.6) is 0 Å². The van der Waals surface area contributed by atoms with Gasteiger partial charge in [-0.25, -0.2) is 4.90 Å². The van der Waals surface area contributed by atoms with Crippen molar-refractivity contribution in [3.8, 4) is 0 Å². The summed E-state index contributed by atoms with van der Waals surface area (Å²) in [6.45, 7) is 0.358. The quantitative estimate of drug-likeness (QED) is 0.794. The third kappa shape index (κ3) is 4.56. The summed E-state index contributed by atoms with van der Waals surface area (Å²) in [5.74, 6) is -0.644. The largest absolute Gasteiger partial charge is 0.395 e. The van der Waals surface area contributed by atoms with Gasteiger partial charge in [-0.2, -0.15) is 0 Å². The molecule has 1 saturated heterocycles. The van der Waals surface area contributed by atoms with Gasteiger partial charge in [0.15, 0.2) is 0 Å². The Morgan fingerprint density at radius 2 is 1.67 bits per heavy atom. The van der Waals surface area contributed by atoms with Gasteiger partial charge in [0.1, 0.15) is 5.25 Å². The summed E-state index contributed by atoms with van der Waals surface area (Å²) >= 11 is 0.874. The summed E-state index contributed by atoms with van der Waals surface area (Å²) in [6.07, 6.45) is -0.0780. The van der Waals surface area contributed by atoms with Crippen molar-refractivity contribution in [3.63, 3.8) is 0 Å². The second-order valence-electron chi connectivity index (χ2n) is 6.11. The molecule has 0 bridgehead atoms. The number of rotatable bonds is 7. The molecule has 1 N–H and O–H groups in total. The molecule has 3 amide bonds. The van der Waals surface area contributed by atoms with Gasteiger partial charge < -0.3 is 10.0 Å². The van der Waals surface area contributed by atoms with Crippen molar-refractivity contribution in [2.75, 3.05) is 18.1 Å². The highest BCUT2D eigenvalue weighted by molar-refractivity contribution is 8.15. The molecule has 0 aliphatic carbocycles. The van der Waals surface area contributed by atoms with Crippen LogP contribution in [0.25, 0.3) is 0 Å². The molecule has 7 heteroatoms. The summed E-state index contributed by atoms with van der Waals surface area (Å²) in [6, 6.07) is 18.1. The lowest BCUT2D eigenvalue weighted by atomic mass is 10.2. The molecule has 27 heavy (non-hydrogen) atoms. The molecule has 1 aliphatic rings. The van der Waals surface area contributed by atoms with Crippen molar-refractivity contribution >= 4 is 34.5 Å². The first-order valence-corrected chi connectivity index (χ1v) is 9.50. The van der Waals surface area contributed by atoms with Crippen molar-refractivity contribution < 1.29 is 19.5 Å². The van der Waals surface area contributed by atoms with Crippen LogP contribution in [-0.4, -0.2) is 45.5 Å². The highest BCUT2D eigenvalue weighted by Crippen LogP contribution is 2.33. The number of carbonyl (C=O) groups excluding carboxylic acids is 3. The van der Waals surface area contributed by atoms with Gasteiger partial charge in [0, 0.05) is 19.5 Å². The summed E-state index contributed by atoms with van der Waals surface area (Å²) in [4.78, 5) is 40.3. The molecule has 2 aromatic carbocycles. The minimum Gasteiger partial charge on any atom is -0.395 e. The maximum absolute atomic E-state index is 12.7. The van der Waals surface area contributed by atoms with Crippen molar-refractivity contribution in [1.29, 1.82) is 0 Å². The summed E-state index contributed by atoms with van der Waals surface area (Å²) < 4.78 is 0. The number of amides is 3. The molecule has 3 rings (SSSR count). The maximum atomic E-state index is 12.7. The molecule has 1 unspecified atom stereocenters. The fraction of sp³-hybridized carbons (Fsp3) is 0.250. The van der Waals surface area contributed by atoms with E-state index in [1.807, 2.05) is 30.3 Å². The number of hydrogen-bond donors (Lipinski definition) is 1. The summed E-state index contributed by atoms with van der Waals surface area (Å²) in [5, 5.41) is 8.16. The fourth-order valence-corrected chi connectivity index (χ4v) is 3.88. The maximum Gasteiger partial charge on any atom is 0.293 e. The Morgan fingerprint density at radius 3 is 2.30 bits per heavy atom. The summed E-state index contributed by atoms with van der Waals surface area (Å²) in [7, 11) is 0. The normalized spacial score (nSPS) is 16.6. The van der Waals surface area contributed by atoms with Crippen LogP contribution in [0.2, 0.25) is 0 Å².